The number of para-hydroxylation sites is 1. The SMILES string of the molecule is C=Cc1ccc2n1Cc1ccccc1OC21CCN(CC)CC1. The first-order valence-electron chi connectivity index (χ1n) is 8.57. The molecule has 1 aromatic carbocycles. The molecule has 1 aromatic heterocycles. The lowest BCUT2D eigenvalue weighted by Gasteiger charge is -2.41. The Bertz CT molecular complexity index is 723. The minimum Gasteiger partial charge on any atom is -0.481 e. The lowest BCUT2D eigenvalue weighted by molar-refractivity contribution is -0.00468. The van der Waals surface area contributed by atoms with E-state index >= 15 is 0 Å². The zero-order valence-corrected chi connectivity index (χ0v) is 13.8. The molecule has 0 radical (unpaired) electrons. The highest BCUT2D eigenvalue weighted by Gasteiger charge is 2.42. The first-order valence-corrected chi connectivity index (χ1v) is 8.57. The quantitative estimate of drug-likeness (QED) is 0.837. The second kappa shape index (κ2) is 5.57. The number of hydrogen-bond acceptors (Lipinski definition) is 2. The molecule has 120 valence electrons. The Kier molecular flexibility index (Phi) is 3.53. The van der Waals surface area contributed by atoms with Gasteiger partial charge < -0.3 is 14.2 Å². The third-order valence-corrected chi connectivity index (χ3v) is 5.41. The van der Waals surface area contributed by atoms with Crippen LogP contribution in [0.4, 0.5) is 0 Å². The van der Waals surface area contributed by atoms with Crippen LogP contribution < -0.4 is 4.74 Å². The number of fused-ring (bicyclic) bond motifs is 3. The van der Waals surface area contributed by atoms with Gasteiger partial charge in [-0.15, -0.1) is 0 Å². The van der Waals surface area contributed by atoms with E-state index in [0.29, 0.717) is 0 Å². The highest BCUT2D eigenvalue weighted by Crippen LogP contribution is 2.42. The number of likely N-dealkylation sites (tertiary alicyclic amines) is 1. The van der Waals surface area contributed by atoms with Crippen LogP contribution in [0.5, 0.6) is 5.75 Å². The first kappa shape index (κ1) is 14.6. The summed E-state index contributed by atoms with van der Waals surface area (Å²) in [7, 11) is 0. The van der Waals surface area contributed by atoms with E-state index in [1.54, 1.807) is 0 Å². The molecule has 1 spiro atoms. The van der Waals surface area contributed by atoms with Crippen LogP contribution in [0.15, 0.2) is 43.0 Å². The van der Waals surface area contributed by atoms with E-state index in [1.807, 2.05) is 6.08 Å². The zero-order chi connectivity index (χ0) is 15.9. The van der Waals surface area contributed by atoms with Crippen molar-refractivity contribution in [1.82, 2.24) is 9.47 Å². The van der Waals surface area contributed by atoms with E-state index in [9.17, 15) is 0 Å². The lowest BCUT2D eigenvalue weighted by atomic mass is 9.87. The smallest absolute Gasteiger partial charge is 0.151 e. The molecule has 2 aromatic rings. The molecule has 3 heterocycles. The molecule has 0 unspecified atom stereocenters. The van der Waals surface area contributed by atoms with Crippen molar-refractivity contribution < 1.29 is 4.74 Å². The average molecular weight is 308 g/mol. The molecule has 4 rings (SSSR count). The number of rotatable bonds is 2. The van der Waals surface area contributed by atoms with Gasteiger partial charge in [0.1, 0.15) is 5.75 Å². The standard InChI is InChI=1S/C20H24N2O/c1-3-17-9-10-19-20(11-13-21(4-2)14-12-20)23-18-8-6-5-7-16(18)15-22(17)19/h3,5-10H,1,4,11-15H2,2H3. The van der Waals surface area contributed by atoms with Crippen molar-refractivity contribution in [3.63, 3.8) is 0 Å². The fourth-order valence-corrected chi connectivity index (χ4v) is 3.99. The van der Waals surface area contributed by atoms with Gasteiger partial charge in [-0.25, -0.2) is 0 Å². The fourth-order valence-electron chi connectivity index (χ4n) is 3.99. The molecule has 0 bridgehead atoms. The van der Waals surface area contributed by atoms with Gasteiger partial charge >= 0.3 is 0 Å². The molecule has 0 saturated carbocycles. The van der Waals surface area contributed by atoms with Gasteiger partial charge in [0.25, 0.3) is 0 Å². The van der Waals surface area contributed by atoms with Crippen molar-refractivity contribution in [2.24, 2.45) is 0 Å². The zero-order valence-electron chi connectivity index (χ0n) is 13.8. The summed E-state index contributed by atoms with van der Waals surface area (Å²) in [6, 6.07) is 12.9. The van der Waals surface area contributed by atoms with E-state index in [-0.39, 0.29) is 5.60 Å². The Morgan fingerprint density at radius 3 is 2.70 bits per heavy atom. The van der Waals surface area contributed by atoms with E-state index in [2.05, 4.69) is 59.4 Å². The van der Waals surface area contributed by atoms with Crippen molar-refractivity contribution in [2.45, 2.75) is 31.9 Å². The molecule has 0 atom stereocenters. The fraction of sp³-hybridized carbons (Fsp3) is 0.400. The molecule has 2 aliphatic rings. The first-order chi connectivity index (χ1) is 11.3. The lowest BCUT2D eigenvalue weighted by Crippen LogP contribution is -2.46. The summed E-state index contributed by atoms with van der Waals surface area (Å²) in [6.07, 6.45) is 4.03. The highest BCUT2D eigenvalue weighted by molar-refractivity contribution is 5.48. The van der Waals surface area contributed by atoms with Crippen LogP contribution in [0.25, 0.3) is 6.08 Å². The number of benzene rings is 1. The van der Waals surface area contributed by atoms with Crippen LogP contribution in [0.3, 0.4) is 0 Å². The molecule has 1 saturated heterocycles. The second-order valence-corrected chi connectivity index (χ2v) is 6.57. The molecule has 1 fully saturated rings. The Labute approximate surface area is 138 Å². The van der Waals surface area contributed by atoms with E-state index in [1.165, 1.54) is 17.0 Å². The summed E-state index contributed by atoms with van der Waals surface area (Å²) < 4.78 is 9.07. The Balaban J connectivity index is 1.83. The third-order valence-electron chi connectivity index (χ3n) is 5.41. The largest absolute Gasteiger partial charge is 0.481 e. The summed E-state index contributed by atoms with van der Waals surface area (Å²) in [5.74, 6) is 1.04. The Morgan fingerprint density at radius 1 is 1.17 bits per heavy atom. The van der Waals surface area contributed by atoms with Gasteiger partial charge in [0.2, 0.25) is 0 Å². The van der Waals surface area contributed by atoms with Gasteiger partial charge in [0, 0.05) is 37.2 Å². The molecule has 2 aliphatic heterocycles. The number of piperidine rings is 1. The Morgan fingerprint density at radius 2 is 1.96 bits per heavy atom. The molecular formula is C20H24N2O. The maximum Gasteiger partial charge on any atom is 0.151 e. The average Bonchev–Trinajstić information content (AvgIpc) is 2.95. The van der Waals surface area contributed by atoms with Crippen molar-refractivity contribution in [1.29, 1.82) is 0 Å². The summed E-state index contributed by atoms with van der Waals surface area (Å²) in [5, 5.41) is 0. The van der Waals surface area contributed by atoms with Crippen LogP contribution in [0.1, 0.15) is 36.7 Å². The third kappa shape index (κ3) is 2.31. The van der Waals surface area contributed by atoms with Crippen LogP contribution in [-0.2, 0) is 12.1 Å². The predicted octanol–water partition coefficient (Wildman–Crippen LogP) is 3.88. The number of hydrogen-bond donors (Lipinski definition) is 0. The van der Waals surface area contributed by atoms with Gasteiger partial charge in [0.15, 0.2) is 5.60 Å². The number of ether oxygens (including phenoxy) is 1. The molecule has 0 amide bonds. The second-order valence-electron chi connectivity index (χ2n) is 6.57. The van der Waals surface area contributed by atoms with Gasteiger partial charge in [-0.2, -0.15) is 0 Å². The topological polar surface area (TPSA) is 17.4 Å². The number of aromatic nitrogens is 1. The highest BCUT2D eigenvalue weighted by atomic mass is 16.5. The molecule has 3 nitrogen and oxygen atoms in total. The van der Waals surface area contributed by atoms with Gasteiger partial charge in [-0.3, -0.25) is 0 Å². The van der Waals surface area contributed by atoms with E-state index < -0.39 is 0 Å². The summed E-state index contributed by atoms with van der Waals surface area (Å²) in [4.78, 5) is 2.51. The predicted molar refractivity (Wildman–Crippen MR) is 93.7 cm³/mol. The van der Waals surface area contributed by atoms with Crippen LogP contribution in [-0.4, -0.2) is 29.1 Å². The monoisotopic (exact) mass is 308 g/mol. The van der Waals surface area contributed by atoms with E-state index in [4.69, 9.17) is 4.74 Å². The molecule has 23 heavy (non-hydrogen) atoms. The molecule has 0 N–H and O–H groups in total. The van der Waals surface area contributed by atoms with Crippen LogP contribution in [0.2, 0.25) is 0 Å². The van der Waals surface area contributed by atoms with Crippen LogP contribution >= 0.6 is 0 Å². The van der Waals surface area contributed by atoms with Crippen molar-refractivity contribution in [3.8, 4) is 5.75 Å². The van der Waals surface area contributed by atoms with Crippen LogP contribution in [0, 0.1) is 0 Å². The minimum atomic E-state index is -0.209. The summed E-state index contributed by atoms with van der Waals surface area (Å²) >= 11 is 0. The summed E-state index contributed by atoms with van der Waals surface area (Å²) in [6.45, 7) is 10.4. The van der Waals surface area contributed by atoms with E-state index in [0.717, 1.165) is 44.8 Å². The maximum atomic E-state index is 6.68. The molecular weight excluding hydrogens is 284 g/mol. The van der Waals surface area contributed by atoms with Gasteiger partial charge in [-0.1, -0.05) is 31.7 Å². The van der Waals surface area contributed by atoms with Gasteiger partial charge in [-0.05, 0) is 30.8 Å². The van der Waals surface area contributed by atoms with Crippen molar-refractivity contribution in [2.75, 3.05) is 19.6 Å². The molecule has 0 aliphatic carbocycles. The Hall–Kier alpha value is -2.00. The van der Waals surface area contributed by atoms with Crippen molar-refractivity contribution >= 4 is 6.08 Å². The maximum absolute atomic E-state index is 6.68. The van der Waals surface area contributed by atoms with Crippen molar-refractivity contribution in [3.05, 3.63) is 59.9 Å². The van der Waals surface area contributed by atoms with Gasteiger partial charge in [0.05, 0.1) is 12.2 Å². The minimum absolute atomic E-state index is 0.209. The number of nitrogens with zero attached hydrogens (tertiary/aromatic N) is 2. The normalized spacial score (nSPS) is 19.5. The molecule has 3 heteroatoms. The summed E-state index contributed by atoms with van der Waals surface area (Å²) in [5.41, 5.74) is 3.53.